The second-order valence-corrected chi connectivity index (χ2v) is 36.0. The summed E-state index contributed by atoms with van der Waals surface area (Å²) in [5, 5.41) is 148. The van der Waals surface area contributed by atoms with Gasteiger partial charge in [0.15, 0.2) is 0 Å². The maximum Gasteiger partial charge on any atom is 0.115 e. The minimum atomic E-state index is -3.48. The van der Waals surface area contributed by atoms with E-state index in [1.54, 1.807) is 19.0 Å². The van der Waals surface area contributed by atoms with Gasteiger partial charge in [0.05, 0.1) is 77.6 Å². The number of nitrogens with zero attached hydrogens (tertiary/aromatic N) is 7. The molecular formula is C112H175N7O14. The average Bonchev–Trinajstić information content (AvgIpc) is 0.716. The van der Waals surface area contributed by atoms with Crippen molar-refractivity contribution in [1.82, 2.24) is 34.3 Å². The van der Waals surface area contributed by atoms with Crippen molar-refractivity contribution >= 4 is 0 Å². The van der Waals surface area contributed by atoms with Crippen molar-refractivity contribution in [1.29, 1.82) is 0 Å². The number of likely N-dealkylation sites (N-methyl/N-ethyl adjacent to an activating group) is 7. The van der Waals surface area contributed by atoms with E-state index in [9.17, 15) is 71.5 Å². The van der Waals surface area contributed by atoms with Crippen LogP contribution in [-0.2, 0) is 0 Å². The molecule has 0 amide bonds. The summed E-state index contributed by atoms with van der Waals surface area (Å²) in [5.74, 6) is -19.8. The number of phenolic OH excluding ortho intramolecular Hbond substituents is 7. The number of benzene rings is 7. The molecule has 21 heteroatoms. The third kappa shape index (κ3) is 35.2. The van der Waals surface area contributed by atoms with Crippen molar-refractivity contribution in [2.45, 2.75) is 305 Å². The molecule has 0 saturated heterocycles. The molecule has 0 aliphatic heterocycles. The van der Waals surface area contributed by atoms with Gasteiger partial charge in [-0.3, -0.25) is 0 Å². The molecule has 7 aliphatic rings. The highest BCUT2D eigenvalue weighted by Crippen LogP contribution is 2.48. The molecule has 14 N–H and O–H groups in total. The maximum absolute atomic E-state index is 11.4. The normalized spacial score (nSPS) is 28.6. The molecule has 7 unspecified atom stereocenters. The van der Waals surface area contributed by atoms with E-state index in [-0.39, 0.29) is 91.7 Å². The summed E-state index contributed by atoms with van der Waals surface area (Å²) in [6, 6.07) is -19.7. The van der Waals surface area contributed by atoms with Crippen molar-refractivity contribution in [3.63, 3.8) is 0 Å². The van der Waals surface area contributed by atoms with Gasteiger partial charge in [-0.1, -0.05) is 219 Å². The quantitative estimate of drug-likeness (QED) is 0.0217. The lowest BCUT2D eigenvalue weighted by Crippen LogP contribution is -2.42. The maximum atomic E-state index is 11.4. The van der Waals surface area contributed by atoms with Gasteiger partial charge >= 0.3 is 0 Å². The first-order chi connectivity index (χ1) is 86.6. The Bertz CT molecular complexity index is 7270. The van der Waals surface area contributed by atoms with Crippen LogP contribution in [0.5, 0.6) is 40.2 Å². The molecule has 133 heavy (non-hydrogen) atoms. The molecule has 7 fully saturated rings. The van der Waals surface area contributed by atoms with E-state index >= 15 is 0 Å². The first kappa shape index (κ1) is 53.7. The Morgan fingerprint density at radius 3 is 0.602 bits per heavy atom. The van der Waals surface area contributed by atoms with Crippen LogP contribution in [0.1, 0.15) is 385 Å². The minimum Gasteiger partial charge on any atom is -0.508 e. The molecule has 7 aromatic rings. The van der Waals surface area contributed by atoms with Gasteiger partial charge in [-0.2, -0.15) is 0 Å². The molecule has 7 atom stereocenters. The summed E-state index contributed by atoms with van der Waals surface area (Å²) in [6.45, 7) is -31.0. The minimum absolute atomic E-state index is 0.00718. The van der Waals surface area contributed by atoms with Crippen molar-refractivity contribution in [2.75, 3.05) is 144 Å². The highest BCUT2D eigenvalue weighted by molar-refractivity contribution is 5.37. The van der Waals surface area contributed by atoms with Crippen molar-refractivity contribution in [2.24, 2.45) is 0 Å². The van der Waals surface area contributed by atoms with E-state index in [0.717, 1.165) is 68.2 Å². The summed E-state index contributed by atoms with van der Waals surface area (Å²) in [5.41, 5.74) is -15.3. The predicted molar refractivity (Wildman–Crippen MR) is 542 cm³/mol. The van der Waals surface area contributed by atoms with E-state index in [1.807, 2.05) is 0 Å². The Morgan fingerprint density at radius 2 is 0.391 bits per heavy atom. The van der Waals surface area contributed by atoms with E-state index in [1.165, 1.54) is 40.1 Å². The van der Waals surface area contributed by atoms with Crippen LogP contribution in [0.25, 0.3) is 0 Å². The Hall–Kier alpha value is -7.42. The fraction of sp³-hybridized carbons (Fsp3) is 0.625. The first-order valence-electron chi connectivity index (χ1n) is 74.3. The SMILES string of the molecule is [2H]c1c([2H])c(C(C2(O)CCCCC2)C([2H])([2H])N(C([2H])([2H])[2H])C([2H])([2H])[2H])c([2H])c([2H])c1O.[2H]c1c([2H])c(C(C2(O)CCCCC2)C([2H])([2H])N(C)C([2H])([2H])[2H])c([2H])c([2H])c1O.[2H]c1c([2H])c(C(C2(O)CCCCC2)C([2H])([2H])N(C)C)c([2H])c([2H])c1O.[2H]c1c([2H])c(C([2H])(C2(O)CCCCC2)C([2H])([2H])N(C)C)c([2H])c([2H])c1O.[2H]c1c([2H])c(C([2H])(CN(C([2H])([2H])[2H])C([2H])([2H])[2H])C2(O)CCCCC2)c([2H])c([2H])c1O.[2H]c1c([2H])c(C([2H])(CN(C)C([2H])([2H])[2H])C2(O)CCCCC2)c([2H])c([2H])c1O.[2H]c1c([2H])c(C([2H])(CN(C)C)C2(O)CCCCC2)c([2H])c([2H])c1O. The molecule has 21 nitrogen and oxygen atoms in total. The zero-order valence-electron chi connectivity index (χ0n) is 135. The summed E-state index contributed by atoms with van der Waals surface area (Å²) in [6.07, 6.45) is 16.0. The molecular weight excluding hydrogens is 1670 g/mol. The number of aromatic hydroxyl groups is 7. The number of hydrogen-bond acceptors (Lipinski definition) is 21. The highest BCUT2D eigenvalue weighted by atomic mass is 16.3. The van der Waals surface area contributed by atoms with Crippen molar-refractivity contribution < 1.29 is 151 Å². The number of rotatable bonds is 28. The van der Waals surface area contributed by atoms with Gasteiger partial charge in [-0.25, -0.2) is 0 Å². The molecule has 7 aromatic carbocycles. The number of aliphatic hydroxyl groups is 7. The molecule has 0 heterocycles. The lowest BCUT2D eigenvalue weighted by Gasteiger charge is -2.40. The fourth-order valence-corrected chi connectivity index (χ4v) is 17.9. The van der Waals surface area contributed by atoms with Crippen LogP contribution >= 0.6 is 0 Å². The van der Waals surface area contributed by atoms with Gasteiger partial charge < -0.3 is 106 Å². The number of phenols is 7. The number of hydrogen-bond donors (Lipinski definition) is 14. The summed E-state index contributed by atoms with van der Waals surface area (Å²) >= 11 is 0. The highest BCUT2D eigenvalue weighted by Gasteiger charge is 2.46. The molecule has 0 bridgehead atoms. The van der Waals surface area contributed by atoms with Crippen molar-refractivity contribution in [3.8, 4) is 40.2 Å². The van der Waals surface area contributed by atoms with Gasteiger partial charge in [0.25, 0.3) is 0 Å². The summed E-state index contributed by atoms with van der Waals surface area (Å²) < 4.78 is 466. The third-order valence-corrected chi connectivity index (χ3v) is 24.5. The van der Waals surface area contributed by atoms with Gasteiger partial charge in [-0.15, -0.1) is 0 Å². The monoisotopic (exact) mass is 1900 g/mol. The van der Waals surface area contributed by atoms with E-state index in [4.69, 9.17) is 79.5 Å². The van der Waals surface area contributed by atoms with Crippen molar-refractivity contribution in [3.05, 3.63) is 208 Å². The lowest BCUT2D eigenvalue weighted by atomic mass is 9.72. The second-order valence-electron chi connectivity index (χ2n) is 36.0. The fourth-order valence-electron chi connectivity index (χ4n) is 17.9. The smallest absolute Gasteiger partial charge is 0.115 e. The van der Waals surface area contributed by atoms with Gasteiger partial charge in [-0.05, 0) is 312 Å². The Balaban J connectivity index is 0.000000266. The zero-order chi connectivity index (χ0) is 147. The Labute approximate surface area is 881 Å². The van der Waals surface area contributed by atoms with Crippen LogP contribution in [-0.4, -0.2) is 289 Å². The molecule has 0 spiro atoms. The lowest BCUT2D eigenvalue weighted by molar-refractivity contribution is -0.0280. The molecule has 0 aromatic heterocycles. The van der Waals surface area contributed by atoms with Crippen LogP contribution in [0.2, 0.25) is 0 Å². The van der Waals surface area contributed by atoms with E-state index in [0.29, 0.717) is 114 Å². The predicted octanol–water partition coefficient (Wildman–Crippen LogP) is 19.1. The average molecular weight is 1900 g/mol. The molecule has 14 rings (SSSR count). The van der Waals surface area contributed by atoms with Crippen LogP contribution in [0.3, 0.4) is 0 Å². The van der Waals surface area contributed by atoms with Crippen LogP contribution in [0, 0.1) is 0 Å². The molecule has 742 valence electrons. The molecule has 0 radical (unpaired) electrons. The van der Waals surface area contributed by atoms with Crippen LogP contribution in [0.15, 0.2) is 169 Å². The van der Waals surface area contributed by atoms with Gasteiger partial charge in [0.1, 0.15) is 40.2 Å². The first-order valence-corrected chi connectivity index (χ1v) is 45.3. The summed E-state index contributed by atoms with van der Waals surface area (Å²) in [4.78, 5) is 5.19. The Morgan fingerprint density at radius 1 is 0.218 bits per heavy atom. The standard InChI is InChI=1S/7C16H25NO2/c7*1-17(2)12-15(13-6-8-14(18)9-7-13)16(19)10-4-3-5-11-16/h7*6-9,15,18-19H,3-5,10-12H2,1-2H3/i1D3,2D3,6D,7D,8D,9D,15D;1D3,2D3,6D,7D,8D,9D,12D2;6D,7D,8D,9D,12D2,15D;1D3,6D,7D,8D,9D,15D;1D3,6D,7D,8D,9D,12D2;6D,7D,8D,9D,15D;6D,7D,8D,9D,12D2. The Kier molecular flexibility index (Phi) is 21.6. The topological polar surface area (TPSA) is 306 Å². The van der Waals surface area contributed by atoms with E-state index < -0.39 is 399 Å². The summed E-state index contributed by atoms with van der Waals surface area (Å²) in [7, 11) is 11.6. The molecule has 7 saturated carbocycles. The van der Waals surface area contributed by atoms with Gasteiger partial charge in [0, 0.05) is 128 Å². The van der Waals surface area contributed by atoms with E-state index in [2.05, 4.69) is 0 Å². The van der Waals surface area contributed by atoms with Crippen LogP contribution < -0.4 is 0 Å². The van der Waals surface area contributed by atoms with Gasteiger partial charge in [0.2, 0.25) is 0 Å². The molecule has 7 aliphatic carbocycles. The largest absolute Gasteiger partial charge is 0.508 e. The van der Waals surface area contributed by atoms with Crippen LogP contribution in [0.4, 0.5) is 0 Å². The second kappa shape index (κ2) is 53.5. The third-order valence-electron chi connectivity index (χ3n) is 24.5. The zero-order valence-corrected chi connectivity index (χ0v) is 77.5.